The maximum atomic E-state index is 12.7. The smallest absolute Gasteiger partial charge is 0.226 e. The SMILES string of the molecule is O=C(CC1(C(=O)NCc2ccc(Oc3ccccc3Cl)cc2Cl)CC1)c1cncnc1. The van der Waals surface area contributed by atoms with Crippen molar-refractivity contribution in [2.75, 3.05) is 0 Å². The molecule has 0 atom stereocenters. The summed E-state index contributed by atoms with van der Waals surface area (Å²) in [6.45, 7) is 0.258. The summed E-state index contributed by atoms with van der Waals surface area (Å²) in [6, 6.07) is 12.4. The lowest BCUT2D eigenvalue weighted by Gasteiger charge is -2.15. The first-order valence-corrected chi connectivity index (χ1v) is 10.5. The van der Waals surface area contributed by atoms with Crippen molar-refractivity contribution in [2.24, 2.45) is 5.41 Å². The van der Waals surface area contributed by atoms with Gasteiger partial charge >= 0.3 is 0 Å². The Hall–Kier alpha value is -2.96. The first-order chi connectivity index (χ1) is 15.0. The fourth-order valence-corrected chi connectivity index (χ4v) is 3.65. The zero-order chi connectivity index (χ0) is 21.8. The molecule has 1 fully saturated rings. The van der Waals surface area contributed by atoms with Crippen LogP contribution in [0.1, 0.15) is 35.2 Å². The highest BCUT2D eigenvalue weighted by molar-refractivity contribution is 6.32. The van der Waals surface area contributed by atoms with Gasteiger partial charge in [-0.25, -0.2) is 9.97 Å². The molecule has 1 aromatic heterocycles. The largest absolute Gasteiger partial charge is 0.456 e. The van der Waals surface area contributed by atoms with Gasteiger partial charge in [-0.15, -0.1) is 0 Å². The van der Waals surface area contributed by atoms with Crippen molar-refractivity contribution in [3.05, 3.63) is 82.4 Å². The number of nitrogens with one attached hydrogen (secondary N) is 1. The highest BCUT2D eigenvalue weighted by atomic mass is 35.5. The van der Waals surface area contributed by atoms with Crippen LogP contribution in [-0.2, 0) is 11.3 Å². The number of amides is 1. The second kappa shape index (κ2) is 9.04. The number of benzene rings is 2. The van der Waals surface area contributed by atoms with Crippen molar-refractivity contribution in [1.29, 1.82) is 0 Å². The molecule has 1 amide bonds. The van der Waals surface area contributed by atoms with Crippen LogP contribution in [0, 0.1) is 5.41 Å². The number of ether oxygens (including phenoxy) is 1. The predicted octanol–water partition coefficient (Wildman–Crippen LogP) is 5.25. The molecular weight excluding hydrogens is 437 g/mol. The number of halogens is 2. The Kier molecular flexibility index (Phi) is 6.20. The van der Waals surface area contributed by atoms with Gasteiger partial charge in [0.1, 0.15) is 17.8 Å². The predicted molar refractivity (Wildman–Crippen MR) is 117 cm³/mol. The number of para-hydroxylation sites is 1. The maximum Gasteiger partial charge on any atom is 0.226 e. The fraction of sp³-hybridized carbons (Fsp3) is 0.217. The van der Waals surface area contributed by atoms with Gasteiger partial charge in [-0.1, -0.05) is 41.4 Å². The van der Waals surface area contributed by atoms with Crippen molar-refractivity contribution in [2.45, 2.75) is 25.8 Å². The molecule has 3 aromatic rings. The molecule has 31 heavy (non-hydrogen) atoms. The summed E-state index contributed by atoms with van der Waals surface area (Å²) in [4.78, 5) is 32.9. The Morgan fingerprint density at radius 3 is 2.45 bits per heavy atom. The van der Waals surface area contributed by atoms with Gasteiger partial charge in [0.2, 0.25) is 5.91 Å². The lowest BCUT2D eigenvalue weighted by Crippen LogP contribution is -2.33. The summed E-state index contributed by atoms with van der Waals surface area (Å²) in [5, 5.41) is 3.88. The standard InChI is InChI=1S/C23H19Cl2N3O3/c24-18-3-1-2-4-21(18)31-17-6-5-15(19(25)9-17)13-28-22(30)23(7-8-23)10-20(29)16-11-26-14-27-12-16/h1-6,9,11-12,14H,7-8,10,13H2,(H,28,30). The van der Waals surface area contributed by atoms with E-state index in [9.17, 15) is 9.59 Å². The Labute approximate surface area is 189 Å². The van der Waals surface area contributed by atoms with Crippen LogP contribution in [0.4, 0.5) is 0 Å². The first kappa shape index (κ1) is 21.3. The van der Waals surface area contributed by atoms with Gasteiger partial charge in [-0.2, -0.15) is 0 Å². The van der Waals surface area contributed by atoms with Crippen LogP contribution in [0.3, 0.4) is 0 Å². The van der Waals surface area contributed by atoms with Crippen LogP contribution in [0.15, 0.2) is 61.2 Å². The zero-order valence-electron chi connectivity index (χ0n) is 16.5. The Bertz CT molecular complexity index is 1120. The molecule has 0 bridgehead atoms. The van der Waals surface area contributed by atoms with Gasteiger partial charge in [0, 0.05) is 30.4 Å². The highest BCUT2D eigenvalue weighted by Gasteiger charge is 2.51. The topological polar surface area (TPSA) is 81.2 Å². The van der Waals surface area contributed by atoms with E-state index in [4.69, 9.17) is 27.9 Å². The Balaban J connectivity index is 1.36. The normalized spacial score (nSPS) is 14.0. The first-order valence-electron chi connectivity index (χ1n) is 9.74. The van der Waals surface area contributed by atoms with E-state index in [1.165, 1.54) is 18.7 Å². The van der Waals surface area contributed by atoms with Crippen LogP contribution in [-0.4, -0.2) is 21.7 Å². The van der Waals surface area contributed by atoms with E-state index >= 15 is 0 Å². The van der Waals surface area contributed by atoms with E-state index in [1.807, 2.05) is 12.1 Å². The number of carbonyl (C=O) groups is 2. The molecule has 2 aromatic carbocycles. The molecule has 8 heteroatoms. The zero-order valence-corrected chi connectivity index (χ0v) is 18.0. The van der Waals surface area contributed by atoms with E-state index in [1.54, 1.807) is 30.3 Å². The average molecular weight is 456 g/mol. The Morgan fingerprint density at radius 1 is 1.03 bits per heavy atom. The summed E-state index contributed by atoms with van der Waals surface area (Å²) >= 11 is 12.5. The third kappa shape index (κ3) is 5.03. The van der Waals surface area contributed by atoms with Crippen molar-refractivity contribution in [1.82, 2.24) is 15.3 Å². The van der Waals surface area contributed by atoms with Crippen LogP contribution >= 0.6 is 23.2 Å². The molecule has 4 rings (SSSR count). The van der Waals surface area contributed by atoms with E-state index < -0.39 is 5.41 Å². The number of ketones is 1. The quantitative estimate of drug-likeness (QED) is 0.469. The molecule has 0 aliphatic heterocycles. The minimum absolute atomic E-state index is 0.132. The van der Waals surface area contributed by atoms with Crippen LogP contribution in [0.5, 0.6) is 11.5 Å². The van der Waals surface area contributed by atoms with Gasteiger partial charge < -0.3 is 10.1 Å². The molecule has 1 heterocycles. The second-order valence-electron chi connectivity index (χ2n) is 7.48. The van der Waals surface area contributed by atoms with Crippen LogP contribution in [0.25, 0.3) is 0 Å². The fourth-order valence-electron chi connectivity index (χ4n) is 3.24. The van der Waals surface area contributed by atoms with Gasteiger partial charge in [-0.3, -0.25) is 9.59 Å². The average Bonchev–Trinajstić information content (AvgIpc) is 3.56. The summed E-state index contributed by atoms with van der Waals surface area (Å²) in [7, 11) is 0. The number of Topliss-reactive ketones (excluding diaryl/α,β-unsaturated/α-hetero) is 1. The lowest BCUT2D eigenvalue weighted by atomic mass is 9.95. The van der Waals surface area contributed by atoms with E-state index in [-0.39, 0.29) is 24.7 Å². The summed E-state index contributed by atoms with van der Waals surface area (Å²) in [5.74, 6) is 0.797. The van der Waals surface area contributed by atoms with E-state index in [0.29, 0.717) is 39.9 Å². The third-order valence-corrected chi connectivity index (χ3v) is 5.91. The molecule has 1 saturated carbocycles. The number of rotatable bonds is 8. The van der Waals surface area contributed by atoms with Crippen molar-refractivity contribution >= 4 is 34.9 Å². The molecule has 0 spiro atoms. The molecule has 0 unspecified atom stereocenters. The Morgan fingerprint density at radius 2 is 1.77 bits per heavy atom. The number of aromatic nitrogens is 2. The highest BCUT2D eigenvalue weighted by Crippen LogP contribution is 2.49. The summed E-state index contributed by atoms with van der Waals surface area (Å²) in [6.07, 6.45) is 5.80. The van der Waals surface area contributed by atoms with Crippen molar-refractivity contribution in [3.63, 3.8) is 0 Å². The van der Waals surface area contributed by atoms with Gasteiger partial charge in [0.05, 0.1) is 16.0 Å². The second-order valence-corrected chi connectivity index (χ2v) is 8.29. The third-order valence-electron chi connectivity index (χ3n) is 5.25. The molecule has 0 radical (unpaired) electrons. The lowest BCUT2D eigenvalue weighted by molar-refractivity contribution is -0.126. The number of nitrogens with zero attached hydrogens (tertiary/aromatic N) is 2. The van der Waals surface area contributed by atoms with E-state index in [2.05, 4.69) is 15.3 Å². The minimum atomic E-state index is -0.660. The van der Waals surface area contributed by atoms with Gasteiger partial charge in [-0.05, 0) is 42.7 Å². The van der Waals surface area contributed by atoms with Crippen molar-refractivity contribution < 1.29 is 14.3 Å². The minimum Gasteiger partial charge on any atom is -0.456 e. The molecule has 158 valence electrons. The monoisotopic (exact) mass is 455 g/mol. The van der Waals surface area contributed by atoms with Crippen LogP contribution < -0.4 is 10.1 Å². The molecule has 0 saturated heterocycles. The van der Waals surface area contributed by atoms with Crippen molar-refractivity contribution in [3.8, 4) is 11.5 Å². The maximum absolute atomic E-state index is 12.7. The van der Waals surface area contributed by atoms with Gasteiger partial charge in [0.25, 0.3) is 0 Å². The van der Waals surface area contributed by atoms with E-state index in [0.717, 1.165) is 5.56 Å². The molecule has 1 N–H and O–H groups in total. The molecule has 1 aliphatic carbocycles. The molecule has 1 aliphatic rings. The number of carbonyl (C=O) groups excluding carboxylic acids is 2. The summed E-state index contributed by atoms with van der Waals surface area (Å²) < 4.78 is 5.77. The number of hydrogen-bond acceptors (Lipinski definition) is 5. The molecule has 6 nitrogen and oxygen atoms in total. The number of hydrogen-bond donors (Lipinski definition) is 1. The molecular formula is C23H19Cl2N3O3. The van der Waals surface area contributed by atoms with Gasteiger partial charge in [0.15, 0.2) is 5.78 Å². The summed E-state index contributed by atoms with van der Waals surface area (Å²) in [5.41, 5.74) is 0.505. The van der Waals surface area contributed by atoms with Crippen LogP contribution in [0.2, 0.25) is 10.0 Å².